The molecule has 2 aromatic heterocycles. The number of rotatable bonds is 4. The number of aryl methyl sites for hydroxylation is 1. The lowest BCUT2D eigenvalue weighted by Gasteiger charge is -2.36. The van der Waals surface area contributed by atoms with Gasteiger partial charge in [-0.2, -0.15) is 0 Å². The quantitative estimate of drug-likeness (QED) is 0.921. The SMILES string of the molecule is Cc1nc(-c2cccnc2)nc(N2CCN(C[C@@H](C)O)CC2)c1C. The molecule has 0 aromatic carbocycles. The van der Waals surface area contributed by atoms with Gasteiger partial charge in [0, 0.05) is 61.9 Å². The number of pyridine rings is 1. The minimum Gasteiger partial charge on any atom is -0.392 e. The molecular formula is C18H25N5O. The average molecular weight is 327 g/mol. The maximum Gasteiger partial charge on any atom is 0.163 e. The van der Waals surface area contributed by atoms with Crippen molar-refractivity contribution in [1.29, 1.82) is 0 Å². The lowest BCUT2D eigenvalue weighted by atomic mass is 10.2. The molecule has 1 fully saturated rings. The predicted molar refractivity (Wildman–Crippen MR) is 95.1 cm³/mol. The second kappa shape index (κ2) is 7.23. The highest BCUT2D eigenvalue weighted by Gasteiger charge is 2.22. The fourth-order valence-electron chi connectivity index (χ4n) is 3.06. The van der Waals surface area contributed by atoms with Crippen LogP contribution in [-0.4, -0.2) is 63.8 Å². The van der Waals surface area contributed by atoms with Gasteiger partial charge in [-0.25, -0.2) is 9.97 Å². The molecule has 0 radical (unpaired) electrons. The Morgan fingerprint density at radius 2 is 1.92 bits per heavy atom. The van der Waals surface area contributed by atoms with E-state index >= 15 is 0 Å². The number of nitrogens with zero attached hydrogens (tertiary/aromatic N) is 5. The standard InChI is InChI=1S/C18H25N5O/c1-13(24)12-22-7-9-23(10-8-22)18-14(2)15(3)20-17(21-18)16-5-4-6-19-11-16/h4-6,11,13,24H,7-10,12H2,1-3H3/t13-/m1/s1. The van der Waals surface area contributed by atoms with Crippen LogP contribution in [0.2, 0.25) is 0 Å². The van der Waals surface area contributed by atoms with Crippen LogP contribution in [0.25, 0.3) is 11.4 Å². The van der Waals surface area contributed by atoms with Crippen LogP contribution < -0.4 is 4.90 Å². The van der Waals surface area contributed by atoms with E-state index in [9.17, 15) is 5.11 Å². The second-order valence-electron chi connectivity index (χ2n) is 6.46. The maximum absolute atomic E-state index is 9.55. The van der Waals surface area contributed by atoms with Gasteiger partial charge < -0.3 is 10.0 Å². The van der Waals surface area contributed by atoms with Gasteiger partial charge in [0.05, 0.1) is 6.10 Å². The summed E-state index contributed by atoms with van der Waals surface area (Å²) in [6, 6.07) is 3.89. The van der Waals surface area contributed by atoms with Crippen molar-refractivity contribution in [1.82, 2.24) is 19.9 Å². The van der Waals surface area contributed by atoms with Crippen LogP contribution in [0.4, 0.5) is 5.82 Å². The van der Waals surface area contributed by atoms with E-state index in [4.69, 9.17) is 4.98 Å². The first-order valence-electron chi connectivity index (χ1n) is 8.45. The van der Waals surface area contributed by atoms with Crippen molar-refractivity contribution < 1.29 is 5.11 Å². The van der Waals surface area contributed by atoms with Gasteiger partial charge in [-0.3, -0.25) is 9.88 Å². The molecule has 0 saturated carbocycles. The minimum absolute atomic E-state index is 0.281. The largest absolute Gasteiger partial charge is 0.392 e. The highest BCUT2D eigenvalue weighted by Crippen LogP contribution is 2.25. The number of aromatic nitrogens is 3. The van der Waals surface area contributed by atoms with E-state index in [1.54, 1.807) is 12.4 Å². The average Bonchev–Trinajstić information content (AvgIpc) is 2.58. The smallest absolute Gasteiger partial charge is 0.163 e. The fourth-order valence-corrected chi connectivity index (χ4v) is 3.06. The third kappa shape index (κ3) is 3.71. The van der Waals surface area contributed by atoms with Crippen LogP contribution in [0.1, 0.15) is 18.2 Å². The molecule has 1 aliphatic heterocycles. The molecule has 0 amide bonds. The lowest BCUT2D eigenvalue weighted by Crippen LogP contribution is -2.48. The predicted octanol–water partition coefficient (Wildman–Crippen LogP) is 1.66. The molecule has 3 rings (SSSR count). The summed E-state index contributed by atoms with van der Waals surface area (Å²) >= 11 is 0. The van der Waals surface area contributed by atoms with E-state index in [0.717, 1.165) is 61.2 Å². The van der Waals surface area contributed by atoms with Gasteiger partial charge in [0.25, 0.3) is 0 Å². The van der Waals surface area contributed by atoms with Gasteiger partial charge in [-0.1, -0.05) is 0 Å². The molecule has 24 heavy (non-hydrogen) atoms. The maximum atomic E-state index is 9.55. The number of aliphatic hydroxyl groups excluding tert-OH is 1. The van der Waals surface area contributed by atoms with Gasteiger partial charge >= 0.3 is 0 Å². The van der Waals surface area contributed by atoms with Crippen LogP contribution in [0.5, 0.6) is 0 Å². The van der Waals surface area contributed by atoms with E-state index in [0.29, 0.717) is 0 Å². The Labute approximate surface area is 143 Å². The minimum atomic E-state index is -0.281. The fraction of sp³-hybridized carbons (Fsp3) is 0.500. The van der Waals surface area contributed by atoms with Crippen LogP contribution in [-0.2, 0) is 0 Å². The van der Waals surface area contributed by atoms with Crippen molar-refractivity contribution in [3.63, 3.8) is 0 Å². The van der Waals surface area contributed by atoms with Crippen LogP contribution in [0, 0.1) is 13.8 Å². The Bertz CT molecular complexity index is 681. The first-order chi connectivity index (χ1) is 11.5. The molecule has 128 valence electrons. The Balaban J connectivity index is 1.82. The van der Waals surface area contributed by atoms with E-state index in [1.807, 2.05) is 26.0 Å². The van der Waals surface area contributed by atoms with Gasteiger partial charge in [0.15, 0.2) is 5.82 Å². The highest BCUT2D eigenvalue weighted by molar-refractivity contribution is 5.59. The van der Waals surface area contributed by atoms with Crippen molar-refractivity contribution in [3.05, 3.63) is 35.8 Å². The zero-order valence-corrected chi connectivity index (χ0v) is 14.6. The summed E-state index contributed by atoms with van der Waals surface area (Å²) in [5.74, 6) is 1.74. The first-order valence-corrected chi connectivity index (χ1v) is 8.45. The van der Waals surface area contributed by atoms with Crippen LogP contribution in [0.15, 0.2) is 24.5 Å². The molecule has 0 bridgehead atoms. The summed E-state index contributed by atoms with van der Waals surface area (Å²) in [4.78, 5) is 18.2. The highest BCUT2D eigenvalue weighted by atomic mass is 16.3. The monoisotopic (exact) mass is 327 g/mol. The van der Waals surface area contributed by atoms with Crippen LogP contribution in [0.3, 0.4) is 0 Å². The summed E-state index contributed by atoms with van der Waals surface area (Å²) in [6.45, 7) is 10.4. The van der Waals surface area contributed by atoms with E-state index in [2.05, 4.69) is 26.7 Å². The zero-order valence-electron chi connectivity index (χ0n) is 14.6. The summed E-state index contributed by atoms with van der Waals surface area (Å²) in [5, 5.41) is 9.55. The number of piperazine rings is 1. The van der Waals surface area contributed by atoms with Crippen molar-refractivity contribution in [3.8, 4) is 11.4 Å². The van der Waals surface area contributed by atoms with E-state index in [1.165, 1.54) is 0 Å². The molecule has 1 N–H and O–H groups in total. The number of hydrogen-bond acceptors (Lipinski definition) is 6. The Morgan fingerprint density at radius 3 is 2.54 bits per heavy atom. The molecule has 3 heterocycles. The summed E-state index contributed by atoms with van der Waals surface area (Å²) in [5.41, 5.74) is 3.08. The summed E-state index contributed by atoms with van der Waals surface area (Å²) in [7, 11) is 0. The molecule has 1 atom stereocenters. The van der Waals surface area contributed by atoms with Crippen LogP contribution >= 0.6 is 0 Å². The van der Waals surface area contributed by atoms with Crippen molar-refractivity contribution >= 4 is 5.82 Å². The Hall–Kier alpha value is -2.05. The molecule has 1 aliphatic rings. The number of aliphatic hydroxyl groups is 1. The molecule has 6 heteroatoms. The van der Waals surface area contributed by atoms with Gasteiger partial charge in [0.2, 0.25) is 0 Å². The first kappa shape index (κ1) is 16.8. The molecule has 6 nitrogen and oxygen atoms in total. The number of anilines is 1. The van der Waals surface area contributed by atoms with E-state index < -0.39 is 0 Å². The third-order valence-electron chi connectivity index (χ3n) is 4.48. The molecule has 2 aromatic rings. The topological polar surface area (TPSA) is 65.4 Å². The molecule has 0 spiro atoms. The molecular weight excluding hydrogens is 302 g/mol. The summed E-state index contributed by atoms with van der Waals surface area (Å²) < 4.78 is 0. The van der Waals surface area contributed by atoms with Gasteiger partial charge in [0.1, 0.15) is 5.82 Å². The number of β-amino-alcohol motifs (C(OH)–C–C–N with tert-alkyl or cyclic N) is 1. The summed E-state index contributed by atoms with van der Waals surface area (Å²) in [6.07, 6.45) is 3.28. The van der Waals surface area contributed by atoms with E-state index in [-0.39, 0.29) is 6.10 Å². The van der Waals surface area contributed by atoms with Gasteiger partial charge in [-0.05, 0) is 32.9 Å². The molecule has 0 unspecified atom stereocenters. The lowest BCUT2D eigenvalue weighted by molar-refractivity contribution is 0.122. The van der Waals surface area contributed by atoms with Crippen molar-refractivity contribution in [2.75, 3.05) is 37.6 Å². The third-order valence-corrected chi connectivity index (χ3v) is 4.48. The molecule has 1 saturated heterocycles. The zero-order chi connectivity index (χ0) is 17.1. The normalized spacial score (nSPS) is 17.1. The van der Waals surface area contributed by atoms with Gasteiger partial charge in [-0.15, -0.1) is 0 Å². The second-order valence-corrected chi connectivity index (χ2v) is 6.46. The Morgan fingerprint density at radius 1 is 1.17 bits per heavy atom. The van der Waals surface area contributed by atoms with Crippen molar-refractivity contribution in [2.24, 2.45) is 0 Å². The number of hydrogen-bond donors (Lipinski definition) is 1. The van der Waals surface area contributed by atoms with Crippen molar-refractivity contribution in [2.45, 2.75) is 26.9 Å². The Kier molecular flexibility index (Phi) is 5.06. The molecule has 0 aliphatic carbocycles.